The summed E-state index contributed by atoms with van der Waals surface area (Å²) in [5, 5.41) is 0. The first-order valence-corrected chi connectivity index (χ1v) is 14.0. The molecule has 1 aromatic rings. The van der Waals surface area contributed by atoms with Crippen LogP contribution >= 0.6 is 0 Å². The third-order valence-electron chi connectivity index (χ3n) is 9.39. The number of unbranched alkanes of at least 4 members (excludes halogenated alkanes) is 3. The highest BCUT2D eigenvalue weighted by atomic mass is 19.4. The Bertz CT molecular complexity index is 791. The second-order valence-electron chi connectivity index (χ2n) is 11.6. The molecule has 1 nitrogen and oxygen atoms in total. The minimum Gasteiger partial charge on any atom is -0.399 e. The van der Waals surface area contributed by atoms with Crippen LogP contribution in [0, 0.1) is 41.2 Å². The van der Waals surface area contributed by atoms with Crippen LogP contribution in [0.3, 0.4) is 0 Å². The quantitative estimate of drug-likeness (QED) is 0.255. The zero-order valence-electron chi connectivity index (χ0n) is 21.0. The van der Waals surface area contributed by atoms with Gasteiger partial charge in [0.2, 0.25) is 5.75 Å². The van der Waals surface area contributed by atoms with Gasteiger partial charge in [0.15, 0.2) is 11.6 Å². The molecule has 4 atom stereocenters. The molecule has 4 unspecified atom stereocenters. The minimum absolute atomic E-state index is 0.000108. The summed E-state index contributed by atoms with van der Waals surface area (Å²) < 4.78 is 69.4. The van der Waals surface area contributed by atoms with Crippen molar-refractivity contribution in [1.82, 2.24) is 0 Å². The second-order valence-corrected chi connectivity index (χ2v) is 11.6. The average molecular weight is 501 g/mol. The van der Waals surface area contributed by atoms with Crippen molar-refractivity contribution in [2.24, 2.45) is 29.6 Å². The lowest BCUT2D eigenvalue weighted by Crippen LogP contribution is -2.34. The van der Waals surface area contributed by atoms with Crippen molar-refractivity contribution < 1.29 is 26.7 Å². The van der Waals surface area contributed by atoms with Gasteiger partial charge in [-0.1, -0.05) is 51.9 Å². The van der Waals surface area contributed by atoms with E-state index in [9.17, 15) is 22.0 Å². The van der Waals surface area contributed by atoms with Crippen LogP contribution in [-0.2, 0) is 0 Å². The van der Waals surface area contributed by atoms with Crippen molar-refractivity contribution >= 4 is 0 Å². The Labute approximate surface area is 207 Å². The van der Waals surface area contributed by atoms with E-state index in [1.807, 2.05) is 0 Å². The highest BCUT2D eigenvalue weighted by Gasteiger charge is 2.40. The molecule has 198 valence electrons. The van der Waals surface area contributed by atoms with E-state index in [-0.39, 0.29) is 5.92 Å². The van der Waals surface area contributed by atoms with Crippen molar-refractivity contribution in [1.29, 1.82) is 0 Å². The van der Waals surface area contributed by atoms with Gasteiger partial charge in [0, 0.05) is 0 Å². The number of hydrogen-bond donors (Lipinski definition) is 0. The number of benzene rings is 1. The first-order valence-electron chi connectivity index (χ1n) is 14.0. The molecule has 0 aliphatic heterocycles. The molecule has 0 spiro atoms. The largest absolute Gasteiger partial charge is 0.573 e. The summed E-state index contributed by atoms with van der Waals surface area (Å²) in [5.41, 5.74) is 0.465. The predicted molar refractivity (Wildman–Crippen MR) is 128 cm³/mol. The Morgan fingerprint density at radius 3 is 1.94 bits per heavy atom. The van der Waals surface area contributed by atoms with Gasteiger partial charge in [-0.15, -0.1) is 13.2 Å². The van der Waals surface area contributed by atoms with Gasteiger partial charge in [-0.05, 0) is 105 Å². The topological polar surface area (TPSA) is 9.23 Å². The van der Waals surface area contributed by atoms with E-state index in [1.165, 1.54) is 77.0 Å². The molecule has 0 N–H and O–H groups in total. The van der Waals surface area contributed by atoms with Crippen LogP contribution in [0.2, 0.25) is 0 Å². The van der Waals surface area contributed by atoms with Gasteiger partial charge in [0.05, 0.1) is 0 Å². The summed E-state index contributed by atoms with van der Waals surface area (Å²) in [6.45, 7) is 2.26. The minimum atomic E-state index is -5.12. The van der Waals surface area contributed by atoms with Gasteiger partial charge in [0.1, 0.15) is 0 Å². The predicted octanol–water partition coefficient (Wildman–Crippen LogP) is 9.94. The standard InChI is InChI=1S/C29H41F5O/c1-2-3-4-5-6-19-7-9-20(10-8-19)21-11-12-23-16-24(14-13-22(23)15-21)25-17-26(30)28(27(31)18-25)35-29(32,33)34/h17-24H,2-16H2,1H3. The van der Waals surface area contributed by atoms with Gasteiger partial charge in [-0.25, -0.2) is 8.78 Å². The Balaban J connectivity index is 1.26. The fraction of sp³-hybridized carbons (Fsp3) is 0.793. The summed E-state index contributed by atoms with van der Waals surface area (Å²) in [6, 6.07) is 2.09. The van der Waals surface area contributed by atoms with E-state index in [2.05, 4.69) is 11.7 Å². The van der Waals surface area contributed by atoms with Gasteiger partial charge in [-0.2, -0.15) is 0 Å². The SMILES string of the molecule is CCCCCCC1CCC(C2CCC3CC(c4cc(F)c(OC(F)(F)F)c(F)c4)CCC3C2)CC1. The fourth-order valence-electron chi connectivity index (χ4n) is 7.49. The molecule has 35 heavy (non-hydrogen) atoms. The molecule has 3 aliphatic rings. The third-order valence-corrected chi connectivity index (χ3v) is 9.39. The molecule has 3 aliphatic carbocycles. The number of alkyl halides is 3. The second kappa shape index (κ2) is 11.8. The normalized spacial score (nSPS) is 31.7. The van der Waals surface area contributed by atoms with Crippen molar-refractivity contribution in [3.8, 4) is 5.75 Å². The van der Waals surface area contributed by atoms with Crippen LogP contribution in [0.4, 0.5) is 22.0 Å². The summed E-state index contributed by atoms with van der Waals surface area (Å²) >= 11 is 0. The van der Waals surface area contributed by atoms with Gasteiger partial charge in [-0.3, -0.25) is 0 Å². The van der Waals surface area contributed by atoms with Crippen LogP contribution < -0.4 is 4.74 Å². The van der Waals surface area contributed by atoms with E-state index in [0.29, 0.717) is 17.4 Å². The molecule has 0 heterocycles. The van der Waals surface area contributed by atoms with Gasteiger partial charge in [0.25, 0.3) is 0 Å². The Kier molecular flexibility index (Phi) is 9.02. The van der Waals surface area contributed by atoms with Gasteiger partial charge < -0.3 is 4.74 Å². The first-order chi connectivity index (χ1) is 16.7. The van der Waals surface area contributed by atoms with Crippen molar-refractivity contribution in [2.45, 2.75) is 116 Å². The molecule has 0 radical (unpaired) electrons. The molecule has 0 bridgehead atoms. The van der Waals surface area contributed by atoms with E-state index in [4.69, 9.17) is 0 Å². The third kappa shape index (κ3) is 7.13. The molecular weight excluding hydrogens is 459 g/mol. The van der Waals surface area contributed by atoms with Crippen LogP contribution in [0.15, 0.2) is 12.1 Å². The average Bonchev–Trinajstić information content (AvgIpc) is 2.83. The first kappa shape index (κ1) is 26.7. The van der Waals surface area contributed by atoms with Gasteiger partial charge >= 0.3 is 6.36 Å². The highest BCUT2D eigenvalue weighted by Crippen LogP contribution is 2.51. The number of halogens is 5. The van der Waals surface area contributed by atoms with E-state index < -0.39 is 23.7 Å². The summed E-state index contributed by atoms with van der Waals surface area (Å²) in [7, 11) is 0. The molecule has 3 saturated carbocycles. The zero-order chi connectivity index (χ0) is 25.0. The molecule has 0 aromatic heterocycles. The lowest BCUT2D eigenvalue weighted by Gasteiger charge is -2.45. The smallest absolute Gasteiger partial charge is 0.399 e. The molecule has 6 heteroatoms. The Morgan fingerprint density at radius 2 is 1.31 bits per heavy atom. The molecule has 4 rings (SSSR count). The number of fused-ring (bicyclic) bond motifs is 1. The summed E-state index contributed by atoms with van der Waals surface area (Å²) in [5.74, 6) is -0.0493. The fourth-order valence-corrected chi connectivity index (χ4v) is 7.49. The van der Waals surface area contributed by atoms with E-state index >= 15 is 0 Å². The number of rotatable bonds is 8. The van der Waals surface area contributed by atoms with Crippen LogP contribution in [0.5, 0.6) is 5.75 Å². The summed E-state index contributed by atoms with van der Waals surface area (Å²) in [4.78, 5) is 0. The molecule has 0 amide bonds. The molecular formula is C29H41F5O. The molecule has 3 fully saturated rings. The highest BCUT2D eigenvalue weighted by molar-refractivity contribution is 5.33. The monoisotopic (exact) mass is 500 g/mol. The van der Waals surface area contributed by atoms with E-state index in [1.54, 1.807) is 0 Å². The lowest BCUT2D eigenvalue weighted by atomic mass is 9.60. The Hall–Kier alpha value is -1.33. The van der Waals surface area contributed by atoms with Crippen LogP contribution in [-0.4, -0.2) is 6.36 Å². The zero-order valence-corrected chi connectivity index (χ0v) is 21.0. The maximum atomic E-state index is 14.3. The number of hydrogen-bond acceptors (Lipinski definition) is 1. The molecule has 1 aromatic carbocycles. The number of ether oxygens (including phenoxy) is 1. The van der Waals surface area contributed by atoms with Crippen LogP contribution in [0.25, 0.3) is 0 Å². The maximum absolute atomic E-state index is 14.3. The lowest BCUT2D eigenvalue weighted by molar-refractivity contribution is -0.276. The van der Waals surface area contributed by atoms with E-state index in [0.717, 1.165) is 49.1 Å². The Morgan fingerprint density at radius 1 is 0.743 bits per heavy atom. The maximum Gasteiger partial charge on any atom is 0.573 e. The van der Waals surface area contributed by atoms with Crippen molar-refractivity contribution in [3.05, 3.63) is 29.3 Å². The summed E-state index contributed by atoms with van der Waals surface area (Å²) in [6.07, 6.45) is 13.8. The van der Waals surface area contributed by atoms with Crippen molar-refractivity contribution in [3.63, 3.8) is 0 Å². The van der Waals surface area contributed by atoms with Crippen molar-refractivity contribution in [2.75, 3.05) is 0 Å². The molecule has 0 saturated heterocycles. The van der Waals surface area contributed by atoms with Crippen LogP contribution in [0.1, 0.15) is 115 Å².